The Hall–Kier alpha value is -1.77. The molecule has 3 heteroatoms. The van der Waals surface area contributed by atoms with Crippen molar-refractivity contribution in [1.82, 2.24) is 4.98 Å². The van der Waals surface area contributed by atoms with Crippen LogP contribution in [-0.2, 0) is 12.8 Å². The highest BCUT2D eigenvalue weighted by molar-refractivity contribution is 5.48. The number of nitrogens with two attached hydrogens (primary N) is 1. The molecule has 2 rings (SSSR count). The number of anilines is 1. The zero-order chi connectivity index (χ0) is 10.7. The number of oxazole rings is 1. The lowest BCUT2D eigenvalue weighted by molar-refractivity contribution is 0.494. The molecule has 1 aromatic carbocycles. The van der Waals surface area contributed by atoms with Crippen molar-refractivity contribution in [2.24, 2.45) is 0 Å². The van der Waals surface area contributed by atoms with Gasteiger partial charge in [-0.25, -0.2) is 4.98 Å². The van der Waals surface area contributed by atoms with Gasteiger partial charge >= 0.3 is 0 Å². The van der Waals surface area contributed by atoms with Gasteiger partial charge in [0, 0.05) is 12.1 Å². The van der Waals surface area contributed by atoms with Gasteiger partial charge in [0.15, 0.2) is 5.89 Å². The maximum atomic E-state index is 5.83. The number of hydrogen-bond acceptors (Lipinski definition) is 3. The molecule has 1 aromatic heterocycles. The van der Waals surface area contributed by atoms with E-state index in [1.807, 2.05) is 19.1 Å². The van der Waals surface area contributed by atoms with Crippen LogP contribution in [0.3, 0.4) is 0 Å². The number of nitrogen functional groups attached to an aromatic ring is 1. The smallest absolute Gasteiger partial charge is 0.194 e. The van der Waals surface area contributed by atoms with Crippen LogP contribution < -0.4 is 5.73 Å². The minimum atomic E-state index is 0.772. The van der Waals surface area contributed by atoms with E-state index >= 15 is 0 Å². The first-order chi connectivity index (χ1) is 7.25. The topological polar surface area (TPSA) is 52.0 Å². The van der Waals surface area contributed by atoms with Gasteiger partial charge in [0.25, 0.3) is 0 Å². The Balaban J connectivity index is 2.02. The summed E-state index contributed by atoms with van der Waals surface area (Å²) in [6.07, 6.45) is 4.98. The second-order valence-electron chi connectivity index (χ2n) is 3.62. The van der Waals surface area contributed by atoms with Crippen molar-refractivity contribution in [3.8, 4) is 0 Å². The molecule has 0 saturated heterocycles. The van der Waals surface area contributed by atoms with Crippen molar-refractivity contribution in [1.29, 1.82) is 0 Å². The highest BCUT2D eigenvalue weighted by Gasteiger charge is 2.00. The van der Waals surface area contributed by atoms with Crippen molar-refractivity contribution in [2.75, 3.05) is 5.73 Å². The average molecular weight is 202 g/mol. The van der Waals surface area contributed by atoms with Crippen LogP contribution >= 0.6 is 0 Å². The molecule has 0 atom stereocenters. The van der Waals surface area contributed by atoms with Crippen LogP contribution in [0.5, 0.6) is 0 Å². The summed E-state index contributed by atoms with van der Waals surface area (Å²) in [5.41, 5.74) is 9.02. The lowest BCUT2D eigenvalue weighted by Gasteiger charge is -2.03. The maximum absolute atomic E-state index is 5.83. The number of hydrogen-bond donors (Lipinski definition) is 1. The molecule has 0 bridgehead atoms. The van der Waals surface area contributed by atoms with Gasteiger partial charge in [-0.05, 0) is 30.5 Å². The van der Waals surface area contributed by atoms with Crippen LogP contribution in [0.1, 0.15) is 17.0 Å². The molecular weight excluding hydrogens is 188 g/mol. The van der Waals surface area contributed by atoms with E-state index in [1.165, 1.54) is 5.56 Å². The Kier molecular flexibility index (Phi) is 2.72. The van der Waals surface area contributed by atoms with E-state index in [0.29, 0.717) is 0 Å². The third-order valence-corrected chi connectivity index (χ3v) is 2.45. The maximum Gasteiger partial charge on any atom is 0.194 e. The van der Waals surface area contributed by atoms with E-state index in [0.717, 1.165) is 30.0 Å². The highest BCUT2D eigenvalue weighted by atomic mass is 16.3. The van der Waals surface area contributed by atoms with Crippen LogP contribution in [0.15, 0.2) is 35.1 Å². The van der Waals surface area contributed by atoms with Crippen LogP contribution in [0.2, 0.25) is 0 Å². The minimum Gasteiger partial charge on any atom is -0.449 e. The fourth-order valence-corrected chi connectivity index (χ4v) is 1.47. The summed E-state index contributed by atoms with van der Waals surface area (Å²) in [5, 5.41) is 0. The zero-order valence-corrected chi connectivity index (χ0v) is 8.73. The second kappa shape index (κ2) is 4.17. The van der Waals surface area contributed by atoms with E-state index in [-0.39, 0.29) is 0 Å². The van der Waals surface area contributed by atoms with Gasteiger partial charge in [-0.1, -0.05) is 12.1 Å². The highest BCUT2D eigenvalue weighted by Crippen LogP contribution is 2.14. The molecule has 78 valence electrons. The number of nitrogens with zero attached hydrogens (tertiary/aromatic N) is 1. The van der Waals surface area contributed by atoms with E-state index in [1.54, 1.807) is 12.5 Å². The summed E-state index contributed by atoms with van der Waals surface area (Å²) in [4.78, 5) is 4.07. The SMILES string of the molecule is Cc1ccc(CCc2ncco2)cc1N. The van der Waals surface area contributed by atoms with Gasteiger partial charge < -0.3 is 10.2 Å². The molecule has 0 aliphatic carbocycles. The predicted molar refractivity (Wildman–Crippen MR) is 59.5 cm³/mol. The van der Waals surface area contributed by atoms with Crippen molar-refractivity contribution in [3.63, 3.8) is 0 Å². The lowest BCUT2D eigenvalue weighted by Crippen LogP contribution is -1.95. The molecule has 0 aliphatic rings. The average Bonchev–Trinajstić information content (AvgIpc) is 2.73. The van der Waals surface area contributed by atoms with Gasteiger partial charge in [0.1, 0.15) is 6.26 Å². The molecule has 0 amide bonds. The Morgan fingerprint density at radius 2 is 2.20 bits per heavy atom. The summed E-state index contributed by atoms with van der Waals surface area (Å²) in [5.74, 6) is 0.772. The molecule has 0 radical (unpaired) electrons. The van der Waals surface area contributed by atoms with Crippen LogP contribution in [-0.4, -0.2) is 4.98 Å². The standard InChI is InChI=1S/C12H14N2O/c1-9-2-3-10(8-11(9)13)4-5-12-14-6-7-15-12/h2-3,6-8H,4-5,13H2,1H3. The molecule has 0 unspecified atom stereocenters. The Morgan fingerprint density at radius 1 is 1.33 bits per heavy atom. The normalized spacial score (nSPS) is 10.5. The predicted octanol–water partition coefficient (Wildman–Crippen LogP) is 2.35. The van der Waals surface area contributed by atoms with Gasteiger partial charge in [0.2, 0.25) is 0 Å². The van der Waals surface area contributed by atoms with E-state index in [2.05, 4.69) is 11.1 Å². The molecular formula is C12H14N2O. The van der Waals surface area contributed by atoms with Crippen molar-refractivity contribution in [3.05, 3.63) is 47.7 Å². The fourth-order valence-electron chi connectivity index (χ4n) is 1.47. The van der Waals surface area contributed by atoms with Gasteiger partial charge in [0.05, 0.1) is 6.20 Å². The molecule has 0 fully saturated rings. The Labute approximate surface area is 88.9 Å². The third kappa shape index (κ3) is 2.37. The fraction of sp³-hybridized carbons (Fsp3) is 0.250. The van der Waals surface area contributed by atoms with Crippen molar-refractivity contribution < 1.29 is 4.42 Å². The molecule has 0 aliphatic heterocycles. The molecule has 2 N–H and O–H groups in total. The van der Waals surface area contributed by atoms with Gasteiger partial charge in [-0.3, -0.25) is 0 Å². The summed E-state index contributed by atoms with van der Waals surface area (Å²) in [6, 6.07) is 6.15. The van der Waals surface area contributed by atoms with Crippen molar-refractivity contribution in [2.45, 2.75) is 19.8 Å². The van der Waals surface area contributed by atoms with Crippen LogP contribution in [0.4, 0.5) is 5.69 Å². The lowest BCUT2D eigenvalue weighted by atomic mass is 10.1. The largest absolute Gasteiger partial charge is 0.449 e. The summed E-state index contributed by atoms with van der Waals surface area (Å²) < 4.78 is 5.17. The Bertz CT molecular complexity index is 435. The first-order valence-electron chi connectivity index (χ1n) is 4.99. The van der Waals surface area contributed by atoms with E-state index < -0.39 is 0 Å². The number of rotatable bonds is 3. The molecule has 0 spiro atoms. The van der Waals surface area contributed by atoms with E-state index in [4.69, 9.17) is 10.2 Å². The Morgan fingerprint density at radius 3 is 2.87 bits per heavy atom. The number of aromatic nitrogens is 1. The summed E-state index contributed by atoms with van der Waals surface area (Å²) >= 11 is 0. The number of benzene rings is 1. The van der Waals surface area contributed by atoms with Gasteiger partial charge in [-0.2, -0.15) is 0 Å². The second-order valence-corrected chi connectivity index (χ2v) is 3.62. The number of aryl methyl sites for hydroxylation is 3. The third-order valence-electron chi connectivity index (χ3n) is 2.45. The zero-order valence-electron chi connectivity index (χ0n) is 8.73. The minimum absolute atomic E-state index is 0.772. The van der Waals surface area contributed by atoms with Crippen LogP contribution in [0, 0.1) is 6.92 Å². The summed E-state index contributed by atoms with van der Waals surface area (Å²) in [7, 11) is 0. The monoisotopic (exact) mass is 202 g/mol. The molecule has 0 saturated carbocycles. The molecule has 2 aromatic rings. The molecule has 3 nitrogen and oxygen atoms in total. The quantitative estimate of drug-likeness (QED) is 0.777. The summed E-state index contributed by atoms with van der Waals surface area (Å²) in [6.45, 7) is 2.01. The van der Waals surface area contributed by atoms with Crippen molar-refractivity contribution >= 4 is 5.69 Å². The first kappa shape index (κ1) is 9.77. The van der Waals surface area contributed by atoms with Gasteiger partial charge in [-0.15, -0.1) is 0 Å². The van der Waals surface area contributed by atoms with E-state index in [9.17, 15) is 0 Å². The molecule has 1 heterocycles. The first-order valence-corrected chi connectivity index (χ1v) is 4.99. The van der Waals surface area contributed by atoms with Crippen LogP contribution in [0.25, 0.3) is 0 Å². The molecule has 15 heavy (non-hydrogen) atoms.